The van der Waals surface area contributed by atoms with Crippen LogP contribution >= 0.6 is 0 Å². The Labute approximate surface area is 96.9 Å². The molecule has 1 atom stereocenters. The predicted molar refractivity (Wildman–Crippen MR) is 63.0 cm³/mol. The third kappa shape index (κ3) is 4.09. The van der Waals surface area contributed by atoms with E-state index in [4.69, 9.17) is 0 Å². The molecule has 0 aromatic heterocycles. The highest BCUT2D eigenvalue weighted by molar-refractivity contribution is 7.91. The van der Waals surface area contributed by atoms with Crippen molar-refractivity contribution in [2.45, 2.75) is 31.7 Å². The van der Waals surface area contributed by atoms with Gasteiger partial charge < -0.3 is 10.6 Å². The summed E-state index contributed by atoms with van der Waals surface area (Å²) in [5.74, 6) is 0.188. The Hall–Kier alpha value is -0.620. The fraction of sp³-hybridized carbons (Fsp3) is 0.900. The summed E-state index contributed by atoms with van der Waals surface area (Å²) in [6.45, 7) is 2.59. The Morgan fingerprint density at radius 2 is 2.12 bits per heavy atom. The lowest BCUT2D eigenvalue weighted by Gasteiger charge is -2.23. The first-order valence-electron chi connectivity index (χ1n) is 5.53. The molecular formula is C10H20N2O3S. The van der Waals surface area contributed by atoms with Crippen molar-refractivity contribution in [3.8, 4) is 0 Å². The molecule has 1 saturated heterocycles. The Morgan fingerprint density at radius 1 is 1.44 bits per heavy atom. The minimum absolute atomic E-state index is 0.0603. The SMILES string of the molecule is CNCCCC(=O)NC1(C)CCS(=O)(=O)C1. The highest BCUT2D eigenvalue weighted by Crippen LogP contribution is 2.22. The maximum Gasteiger partial charge on any atom is 0.220 e. The summed E-state index contributed by atoms with van der Waals surface area (Å²) in [5.41, 5.74) is -0.560. The Balaban J connectivity index is 2.39. The van der Waals surface area contributed by atoms with Gasteiger partial charge in [-0.1, -0.05) is 0 Å². The molecule has 2 N–H and O–H groups in total. The number of nitrogens with one attached hydrogen (secondary N) is 2. The van der Waals surface area contributed by atoms with Crippen LogP contribution in [0.4, 0.5) is 0 Å². The molecular weight excluding hydrogens is 228 g/mol. The highest BCUT2D eigenvalue weighted by Gasteiger charge is 2.39. The quantitative estimate of drug-likeness (QED) is 0.654. The molecule has 0 bridgehead atoms. The van der Waals surface area contributed by atoms with Gasteiger partial charge in [0.1, 0.15) is 0 Å². The molecule has 1 rings (SSSR count). The molecule has 1 aliphatic rings. The van der Waals surface area contributed by atoms with Crippen LogP contribution in [0.25, 0.3) is 0 Å². The van der Waals surface area contributed by atoms with Crippen molar-refractivity contribution in [1.29, 1.82) is 0 Å². The Bertz CT molecular complexity index is 353. The molecule has 0 saturated carbocycles. The molecule has 1 unspecified atom stereocenters. The first-order valence-corrected chi connectivity index (χ1v) is 7.35. The molecule has 6 heteroatoms. The number of hydrogen-bond acceptors (Lipinski definition) is 4. The van der Waals surface area contributed by atoms with E-state index in [-0.39, 0.29) is 17.4 Å². The zero-order chi connectivity index (χ0) is 12.2. The lowest BCUT2D eigenvalue weighted by Crippen LogP contribution is -2.46. The van der Waals surface area contributed by atoms with E-state index in [0.717, 1.165) is 13.0 Å². The van der Waals surface area contributed by atoms with Crippen molar-refractivity contribution in [2.24, 2.45) is 0 Å². The molecule has 1 amide bonds. The number of amides is 1. The normalized spacial score (nSPS) is 27.9. The van der Waals surface area contributed by atoms with Crippen molar-refractivity contribution >= 4 is 15.7 Å². The van der Waals surface area contributed by atoms with Crippen molar-refractivity contribution in [3.63, 3.8) is 0 Å². The number of carbonyl (C=O) groups is 1. The Morgan fingerprint density at radius 3 is 2.62 bits per heavy atom. The van der Waals surface area contributed by atoms with Crippen LogP contribution < -0.4 is 10.6 Å². The zero-order valence-electron chi connectivity index (χ0n) is 9.88. The molecule has 1 heterocycles. The second kappa shape index (κ2) is 5.14. The average molecular weight is 248 g/mol. The molecule has 0 aliphatic carbocycles. The maximum absolute atomic E-state index is 11.6. The van der Waals surface area contributed by atoms with E-state index >= 15 is 0 Å². The molecule has 0 aromatic rings. The van der Waals surface area contributed by atoms with Gasteiger partial charge in [-0.05, 0) is 33.4 Å². The van der Waals surface area contributed by atoms with Crippen LogP contribution in [0, 0.1) is 0 Å². The lowest BCUT2D eigenvalue weighted by atomic mass is 10.0. The van der Waals surface area contributed by atoms with E-state index in [9.17, 15) is 13.2 Å². The molecule has 94 valence electrons. The standard InChI is InChI=1S/C10H20N2O3S/c1-10(5-7-16(14,15)8-10)12-9(13)4-3-6-11-2/h11H,3-8H2,1-2H3,(H,12,13). The van der Waals surface area contributed by atoms with Crippen LogP contribution in [0.2, 0.25) is 0 Å². The maximum atomic E-state index is 11.6. The molecule has 1 aliphatic heterocycles. The van der Waals surface area contributed by atoms with Crippen LogP contribution in [0.5, 0.6) is 0 Å². The number of hydrogen-bond donors (Lipinski definition) is 2. The van der Waals surface area contributed by atoms with Crippen molar-refractivity contribution in [3.05, 3.63) is 0 Å². The fourth-order valence-corrected chi connectivity index (χ4v) is 4.03. The number of carbonyl (C=O) groups excluding carboxylic acids is 1. The molecule has 0 radical (unpaired) electrons. The third-order valence-electron chi connectivity index (χ3n) is 2.78. The molecule has 1 fully saturated rings. The summed E-state index contributed by atoms with van der Waals surface area (Å²) in [4.78, 5) is 11.6. The van der Waals surface area contributed by atoms with Gasteiger partial charge in [0, 0.05) is 6.42 Å². The topological polar surface area (TPSA) is 75.3 Å². The smallest absolute Gasteiger partial charge is 0.220 e. The van der Waals surface area contributed by atoms with Gasteiger partial charge in [-0.25, -0.2) is 8.42 Å². The van der Waals surface area contributed by atoms with Crippen LogP contribution in [-0.4, -0.2) is 45.0 Å². The minimum Gasteiger partial charge on any atom is -0.350 e. The molecule has 16 heavy (non-hydrogen) atoms. The van der Waals surface area contributed by atoms with Crippen LogP contribution in [0.1, 0.15) is 26.2 Å². The van der Waals surface area contributed by atoms with Crippen molar-refractivity contribution in [2.75, 3.05) is 25.1 Å². The van der Waals surface area contributed by atoms with Crippen LogP contribution in [-0.2, 0) is 14.6 Å². The fourth-order valence-electron chi connectivity index (χ4n) is 1.93. The summed E-state index contributed by atoms with van der Waals surface area (Å²) >= 11 is 0. The summed E-state index contributed by atoms with van der Waals surface area (Å²) < 4.78 is 22.7. The van der Waals surface area contributed by atoms with Gasteiger partial charge >= 0.3 is 0 Å². The van der Waals surface area contributed by atoms with E-state index < -0.39 is 15.4 Å². The van der Waals surface area contributed by atoms with E-state index in [0.29, 0.717) is 12.8 Å². The lowest BCUT2D eigenvalue weighted by molar-refractivity contribution is -0.122. The molecule has 5 nitrogen and oxygen atoms in total. The molecule has 0 aromatic carbocycles. The molecule has 0 spiro atoms. The predicted octanol–water partition coefficient (Wildman–Crippen LogP) is -0.321. The van der Waals surface area contributed by atoms with Gasteiger partial charge in [-0.2, -0.15) is 0 Å². The van der Waals surface area contributed by atoms with E-state index in [1.54, 1.807) is 6.92 Å². The monoisotopic (exact) mass is 248 g/mol. The van der Waals surface area contributed by atoms with Gasteiger partial charge in [0.2, 0.25) is 5.91 Å². The van der Waals surface area contributed by atoms with Gasteiger partial charge in [0.05, 0.1) is 17.0 Å². The second-order valence-electron chi connectivity index (χ2n) is 4.66. The van der Waals surface area contributed by atoms with Crippen molar-refractivity contribution < 1.29 is 13.2 Å². The third-order valence-corrected chi connectivity index (χ3v) is 4.68. The van der Waals surface area contributed by atoms with Gasteiger partial charge in [-0.15, -0.1) is 0 Å². The zero-order valence-corrected chi connectivity index (χ0v) is 10.7. The number of rotatable bonds is 5. The second-order valence-corrected chi connectivity index (χ2v) is 6.84. The van der Waals surface area contributed by atoms with E-state index in [1.807, 2.05) is 7.05 Å². The van der Waals surface area contributed by atoms with Gasteiger partial charge in [-0.3, -0.25) is 4.79 Å². The first kappa shape index (κ1) is 13.4. The summed E-state index contributed by atoms with van der Waals surface area (Å²) in [6.07, 6.45) is 1.73. The summed E-state index contributed by atoms with van der Waals surface area (Å²) in [5, 5.41) is 5.79. The first-order chi connectivity index (χ1) is 7.37. The van der Waals surface area contributed by atoms with Crippen LogP contribution in [0.3, 0.4) is 0 Å². The number of sulfone groups is 1. The largest absolute Gasteiger partial charge is 0.350 e. The average Bonchev–Trinajstić information content (AvgIpc) is 2.40. The highest BCUT2D eigenvalue weighted by atomic mass is 32.2. The minimum atomic E-state index is -2.95. The summed E-state index contributed by atoms with van der Waals surface area (Å²) in [6, 6.07) is 0. The van der Waals surface area contributed by atoms with E-state index in [2.05, 4.69) is 10.6 Å². The Kier molecular flexibility index (Phi) is 4.32. The summed E-state index contributed by atoms with van der Waals surface area (Å²) in [7, 11) is -1.12. The van der Waals surface area contributed by atoms with Gasteiger partial charge in [0.25, 0.3) is 0 Å². The van der Waals surface area contributed by atoms with Gasteiger partial charge in [0.15, 0.2) is 9.84 Å². The van der Waals surface area contributed by atoms with E-state index in [1.165, 1.54) is 0 Å². The van der Waals surface area contributed by atoms with Crippen LogP contribution in [0.15, 0.2) is 0 Å². The van der Waals surface area contributed by atoms with Crippen molar-refractivity contribution in [1.82, 2.24) is 10.6 Å².